The largest absolute Gasteiger partial charge is 0.482 e. The van der Waals surface area contributed by atoms with Gasteiger partial charge in [-0.15, -0.1) is 12.4 Å². The van der Waals surface area contributed by atoms with Gasteiger partial charge in [0.05, 0.1) is 18.6 Å². The molecule has 0 fully saturated rings. The first kappa shape index (κ1) is 22.9. The first-order valence-corrected chi connectivity index (χ1v) is 9.41. The molecule has 3 aromatic rings. The van der Waals surface area contributed by atoms with Gasteiger partial charge in [-0.3, -0.25) is 4.79 Å². The summed E-state index contributed by atoms with van der Waals surface area (Å²) < 4.78 is 20.5. The van der Waals surface area contributed by atoms with Crippen LogP contribution in [0.5, 0.6) is 5.75 Å². The number of carbonyl (C=O) groups excluding carboxylic acids is 1. The number of nitrogens with one attached hydrogen (secondary N) is 1. The Kier molecular flexibility index (Phi) is 7.18. The Morgan fingerprint density at radius 3 is 2.75 bits per heavy atom. The molecule has 1 aliphatic rings. The van der Waals surface area contributed by atoms with Crippen molar-refractivity contribution in [3.05, 3.63) is 76.4 Å². The lowest BCUT2D eigenvalue weighted by atomic mass is 10.1. The molecule has 32 heavy (non-hydrogen) atoms. The monoisotopic (exact) mass is 458 g/mol. The van der Waals surface area contributed by atoms with E-state index in [4.69, 9.17) is 10.5 Å². The van der Waals surface area contributed by atoms with Gasteiger partial charge < -0.3 is 15.8 Å². The van der Waals surface area contributed by atoms with Crippen LogP contribution in [0.2, 0.25) is 0 Å². The van der Waals surface area contributed by atoms with Crippen LogP contribution in [-0.2, 0) is 11.3 Å². The first-order valence-electron chi connectivity index (χ1n) is 9.41. The third-order valence-corrected chi connectivity index (χ3v) is 4.62. The molecule has 0 aliphatic carbocycles. The number of nitrogens with two attached hydrogens (primary N) is 1. The van der Waals surface area contributed by atoms with Gasteiger partial charge in [-0.05, 0) is 41.0 Å². The van der Waals surface area contributed by atoms with Crippen molar-refractivity contribution < 1.29 is 13.9 Å². The van der Waals surface area contributed by atoms with Gasteiger partial charge in [0.1, 0.15) is 17.9 Å². The number of hydrogen-bond donors (Lipinski definition) is 2. The Bertz CT molecular complexity index is 1250. The molecule has 0 bridgehead atoms. The minimum atomic E-state index is -0.452. The average Bonchev–Trinajstić information content (AvgIpc) is 3.15. The van der Waals surface area contributed by atoms with E-state index in [-0.39, 0.29) is 43.6 Å². The number of carbonyl (C=O) groups is 1. The van der Waals surface area contributed by atoms with Crippen molar-refractivity contribution in [3.8, 4) is 11.6 Å². The molecule has 166 valence electrons. The van der Waals surface area contributed by atoms with Crippen LogP contribution in [0.3, 0.4) is 0 Å². The molecule has 9 nitrogen and oxygen atoms in total. The molecule has 0 radical (unpaired) electrons. The molecule has 3 N–H and O–H groups in total. The number of amides is 1. The van der Waals surface area contributed by atoms with E-state index >= 15 is 0 Å². The summed E-state index contributed by atoms with van der Waals surface area (Å²) >= 11 is 0. The van der Waals surface area contributed by atoms with Crippen LogP contribution in [0.1, 0.15) is 11.1 Å². The molecule has 3 heterocycles. The fraction of sp³-hybridized carbons (Fsp3) is 0.143. The number of halogens is 2. The summed E-state index contributed by atoms with van der Waals surface area (Å²) in [5.74, 6) is 0.807. The van der Waals surface area contributed by atoms with E-state index in [0.29, 0.717) is 23.6 Å². The lowest BCUT2D eigenvalue weighted by Crippen LogP contribution is -2.26. The van der Waals surface area contributed by atoms with Crippen molar-refractivity contribution in [2.75, 3.05) is 18.5 Å². The topological polar surface area (TPSA) is 117 Å². The highest BCUT2D eigenvalue weighted by Gasteiger charge is 2.15. The van der Waals surface area contributed by atoms with Crippen molar-refractivity contribution in [1.82, 2.24) is 19.3 Å². The standard InChI is InChI=1S/C21H19FN6O3.ClH/c22-9-16(10-23)11-28-21(30)27(13-25-28)19-8-15(5-6-24-19)2-1-14-3-4-18-17(7-14)26-20(29)12-31-18;/h1-9,13H,10-12,23H2,(H,26,29);1H/b2-1+,16-9+;. The summed E-state index contributed by atoms with van der Waals surface area (Å²) in [7, 11) is 0. The zero-order valence-electron chi connectivity index (χ0n) is 16.8. The molecule has 1 aliphatic heterocycles. The second-order valence-corrected chi connectivity index (χ2v) is 6.79. The van der Waals surface area contributed by atoms with Gasteiger partial charge >= 0.3 is 5.69 Å². The molecule has 4 rings (SSSR count). The van der Waals surface area contributed by atoms with Crippen LogP contribution in [0, 0.1) is 0 Å². The number of pyridine rings is 1. The van der Waals surface area contributed by atoms with Gasteiger partial charge in [-0.25, -0.2) is 23.4 Å². The number of nitrogens with zero attached hydrogens (tertiary/aromatic N) is 4. The van der Waals surface area contributed by atoms with Gasteiger partial charge in [0.2, 0.25) is 0 Å². The highest BCUT2D eigenvalue weighted by Crippen LogP contribution is 2.29. The van der Waals surface area contributed by atoms with Crippen LogP contribution in [0.15, 0.2) is 59.6 Å². The highest BCUT2D eigenvalue weighted by molar-refractivity contribution is 5.95. The van der Waals surface area contributed by atoms with Crippen LogP contribution >= 0.6 is 12.4 Å². The Morgan fingerprint density at radius 1 is 1.22 bits per heavy atom. The molecule has 0 saturated heterocycles. The maximum atomic E-state index is 12.8. The van der Waals surface area contributed by atoms with Crippen molar-refractivity contribution in [3.63, 3.8) is 0 Å². The predicted molar refractivity (Wildman–Crippen MR) is 121 cm³/mol. The number of fused-ring (bicyclic) bond motifs is 1. The van der Waals surface area contributed by atoms with E-state index in [1.807, 2.05) is 24.3 Å². The first-order chi connectivity index (χ1) is 15.1. The van der Waals surface area contributed by atoms with Crippen molar-refractivity contribution >= 4 is 36.2 Å². The van der Waals surface area contributed by atoms with Gasteiger partial charge in [0, 0.05) is 12.7 Å². The summed E-state index contributed by atoms with van der Waals surface area (Å²) in [6, 6.07) is 8.99. The molecule has 1 aromatic carbocycles. The molecule has 1 amide bonds. The van der Waals surface area contributed by atoms with Gasteiger partial charge in [0.25, 0.3) is 5.91 Å². The minimum Gasteiger partial charge on any atom is -0.482 e. The number of rotatable bonds is 6. The van der Waals surface area contributed by atoms with Gasteiger partial charge in [-0.2, -0.15) is 5.10 Å². The molecule has 0 saturated carbocycles. The van der Waals surface area contributed by atoms with E-state index in [2.05, 4.69) is 15.4 Å². The van der Waals surface area contributed by atoms with Gasteiger partial charge in [-0.1, -0.05) is 18.2 Å². The molecular formula is C21H20ClFN6O3. The molecule has 0 atom stereocenters. The smallest absolute Gasteiger partial charge is 0.351 e. The van der Waals surface area contributed by atoms with Crippen molar-refractivity contribution in [1.29, 1.82) is 0 Å². The van der Waals surface area contributed by atoms with E-state index in [0.717, 1.165) is 15.8 Å². The molecule has 0 unspecified atom stereocenters. The Hall–Kier alpha value is -3.76. The normalized spacial score (nSPS) is 13.3. The van der Waals surface area contributed by atoms with Crippen LogP contribution in [-0.4, -0.2) is 38.4 Å². The van der Waals surface area contributed by atoms with E-state index in [1.54, 1.807) is 24.4 Å². The summed E-state index contributed by atoms with van der Waals surface area (Å²) in [5.41, 5.74) is 7.52. The molecule has 2 aromatic heterocycles. The van der Waals surface area contributed by atoms with Crippen LogP contribution < -0.4 is 21.5 Å². The Labute approximate surface area is 188 Å². The molecule has 11 heteroatoms. The number of benzene rings is 1. The summed E-state index contributed by atoms with van der Waals surface area (Å²) in [5, 5.41) is 6.77. The number of hydrogen-bond acceptors (Lipinski definition) is 6. The Morgan fingerprint density at radius 2 is 2.00 bits per heavy atom. The summed E-state index contributed by atoms with van der Waals surface area (Å²) in [4.78, 5) is 28.3. The quantitative estimate of drug-likeness (QED) is 0.584. The maximum absolute atomic E-state index is 12.8. The molecule has 0 spiro atoms. The minimum absolute atomic E-state index is 0. The zero-order valence-corrected chi connectivity index (χ0v) is 17.6. The lowest BCUT2D eigenvalue weighted by Gasteiger charge is -2.17. The van der Waals surface area contributed by atoms with Gasteiger partial charge in [0.15, 0.2) is 6.61 Å². The van der Waals surface area contributed by atoms with Crippen molar-refractivity contribution in [2.24, 2.45) is 5.73 Å². The summed E-state index contributed by atoms with van der Waals surface area (Å²) in [6.45, 7) is -0.0284. The lowest BCUT2D eigenvalue weighted by molar-refractivity contribution is -0.118. The van der Waals surface area contributed by atoms with Crippen LogP contribution in [0.25, 0.3) is 18.0 Å². The third kappa shape index (κ3) is 4.93. The fourth-order valence-corrected chi connectivity index (χ4v) is 3.01. The van der Waals surface area contributed by atoms with E-state index < -0.39 is 5.69 Å². The van der Waals surface area contributed by atoms with Crippen LogP contribution in [0.4, 0.5) is 10.1 Å². The number of ether oxygens (including phenoxy) is 1. The zero-order chi connectivity index (χ0) is 21.8. The molecular weight excluding hydrogens is 439 g/mol. The Balaban J connectivity index is 0.00000289. The average molecular weight is 459 g/mol. The maximum Gasteiger partial charge on any atom is 0.351 e. The third-order valence-electron chi connectivity index (χ3n) is 4.62. The van der Waals surface area contributed by atoms with E-state index in [1.165, 1.54) is 10.9 Å². The fourth-order valence-electron chi connectivity index (χ4n) is 3.01. The highest BCUT2D eigenvalue weighted by atomic mass is 35.5. The summed E-state index contributed by atoms with van der Waals surface area (Å²) in [6.07, 6.45) is 7.01. The second kappa shape index (κ2) is 10.0. The SMILES string of the molecule is Cl.NC/C(=C\F)Cn1ncn(-c2cc(/C=C/c3ccc4c(c3)NC(=O)CO4)ccn2)c1=O. The number of aromatic nitrogens is 4. The predicted octanol–water partition coefficient (Wildman–Crippen LogP) is 2.16. The second-order valence-electron chi connectivity index (χ2n) is 6.79. The van der Waals surface area contributed by atoms with E-state index in [9.17, 15) is 14.0 Å². The van der Waals surface area contributed by atoms with Crippen molar-refractivity contribution in [2.45, 2.75) is 6.54 Å². The number of anilines is 1.